The lowest BCUT2D eigenvalue weighted by Crippen LogP contribution is -2.39. The number of nitrogens with one attached hydrogen (secondary N) is 1. The van der Waals surface area contributed by atoms with Crippen LogP contribution >= 0.6 is 0 Å². The minimum absolute atomic E-state index is 0.0158. The van der Waals surface area contributed by atoms with Gasteiger partial charge in [0.1, 0.15) is 0 Å². The van der Waals surface area contributed by atoms with Gasteiger partial charge in [-0.3, -0.25) is 4.79 Å². The summed E-state index contributed by atoms with van der Waals surface area (Å²) in [5, 5.41) is 3.15. The van der Waals surface area contributed by atoms with E-state index in [4.69, 9.17) is 9.47 Å². The standard InChI is InChI=1S/C19H23NO3/c1-12(16-9-14-2-5-15(16)8-14)20-19(21)7-4-13-3-6-17-18(10-13)23-11-22-17/h3-4,6-7,10,12,14-16H,2,5,8-9,11H2,1H3,(H,20,21)/b7-4+/t12-,14-,15+,16-/m1/s1. The van der Waals surface area contributed by atoms with Crippen molar-refractivity contribution >= 4 is 12.0 Å². The molecule has 4 nitrogen and oxygen atoms in total. The van der Waals surface area contributed by atoms with Crippen LogP contribution in [0.3, 0.4) is 0 Å². The zero-order valence-corrected chi connectivity index (χ0v) is 13.5. The van der Waals surface area contributed by atoms with Crippen LogP contribution in [0.15, 0.2) is 24.3 Å². The van der Waals surface area contributed by atoms with Gasteiger partial charge in [-0.2, -0.15) is 0 Å². The van der Waals surface area contributed by atoms with Gasteiger partial charge in [0.2, 0.25) is 12.7 Å². The lowest BCUT2D eigenvalue weighted by atomic mass is 9.84. The molecule has 4 heteroatoms. The van der Waals surface area contributed by atoms with Gasteiger partial charge in [0.05, 0.1) is 0 Å². The Balaban J connectivity index is 1.34. The van der Waals surface area contributed by atoms with Crippen molar-refractivity contribution < 1.29 is 14.3 Å². The van der Waals surface area contributed by atoms with Crippen LogP contribution in [0.5, 0.6) is 11.5 Å². The predicted octanol–water partition coefficient (Wildman–Crippen LogP) is 3.37. The largest absolute Gasteiger partial charge is 0.454 e. The third-order valence-corrected chi connectivity index (χ3v) is 5.63. The SMILES string of the molecule is C[C@@H](NC(=O)/C=C/c1ccc2c(c1)OCO2)[C@H]1C[C@@H]2CC[C@H]1C2. The van der Waals surface area contributed by atoms with Gasteiger partial charge in [0.25, 0.3) is 0 Å². The molecule has 1 heterocycles. The van der Waals surface area contributed by atoms with E-state index in [9.17, 15) is 4.79 Å². The molecule has 1 aromatic rings. The molecule has 0 saturated heterocycles. The average molecular weight is 313 g/mol. The maximum absolute atomic E-state index is 12.2. The molecule has 2 aliphatic carbocycles. The van der Waals surface area contributed by atoms with Crippen molar-refractivity contribution in [2.24, 2.45) is 17.8 Å². The van der Waals surface area contributed by atoms with Crippen LogP contribution in [-0.4, -0.2) is 18.7 Å². The first-order chi connectivity index (χ1) is 11.2. The summed E-state index contributed by atoms with van der Waals surface area (Å²) in [7, 11) is 0. The molecule has 0 radical (unpaired) electrons. The Morgan fingerprint density at radius 2 is 2.13 bits per heavy atom. The second-order valence-corrected chi connectivity index (χ2v) is 7.08. The van der Waals surface area contributed by atoms with E-state index in [0.717, 1.165) is 28.9 Å². The third kappa shape index (κ3) is 2.94. The summed E-state index contributed by atoms with van der Waals surface area (Å²) < 4.78 is 10.6. The Kier molecular flexibility index (Phi) is 3.76. The lowest BCUT2D eigenvalue weighted by Gasteiger charge is -2.28. The highest BCUT2D eigenvalue weighted by Crippen LogP contribution is 2.49. The molecule has 3 aliphatic rings. The van der Waals surface area contributed by atoms with Crippen LogP contribution in [0.2, 0.25) is 0 Å². The van der Waals surface area contributed by atoms with Crippen molar-refractivity contribution in [2.45, 2.75) is 38.6 Å². The molecular formula is C19H23NO3. The summed E-state index contributed by atoms with van der Waals surface area (Å²) in [4.78, 5) is 12.2. The number of ether oxygens (including phenoxy) is 2. The van der Waals surface area contributed by atoms with E-state index in [1.54, 1.807) is 6.08 Å². The van der Waals surface area contributed by atoms with Gasteiger partial charge in [-0.15, -0.1) is 0 Å². The molecule has 122 valence electrons. The lowest BCUT2D eigenvalue weighted by molar-refractivity contribution is -0.117. The van der Waals surface area contributed by atoms with Gasteiger partial charge in [-0.25, -0.2) is 0 Å². The van der Waals surface area contributed by atoms with Gasteiger partial charge >= 0.3 is 0 Å². The molecule has 1 aromatic carbocycles. The number of hydrogen-bond donors (Lipinski definition) is 1. The highest BCUT2D eigenvalue weighted by atomic mass is 16.7. The van der Waals surface area contributed by atoms with Crippen molar-refractivity contribution in [1.82, 2.24) is 5.32 Å². The van der Waals surface area contributed by atoms with E-state index in [1.165, 1.54) is 25.7 Å². The number of hydrogen-bond acceptors (Lipinski definition) is 3. The van der Waals surface area contributed by atoms with E-state index in [-0.39, 0.29) is 18.7 Å². The van der Waals surface area contributed by atoms with Gasteiger partial charge in [-0.1, -0.05) is 12.5 Å². The van der Waals surface area contributed by atoms with Gasteiger partial charge < -0.3 is 14.8 Å². The smallest absolute Gasteiger partial charge is 0.244 e. The van der Waals surface area contributed by atoms with Gasteiger partial charge in [0.15, 0.2) is 11.5 Å². The summed E-state index contributed by atoms with van der Waals surface area (Å²) in [6.07, 6.45) is 8.84. The topological polar surface area (TPSA) is 47.6 Å². The zero-order chi connectivity index (χ0) is 15.8. The van der Waals surface area contributed by atoms with Crippen LogP contribution in [0.25, 0.3) is 6.08 Å². The molecule has 1 amide bonds. The number of fused-ring (bicyclic) bond motifs is 3. The quantitative estimate of drug-likeness (QED) is 0.867. The van der Waals surface area contributed by atoms with Gasteiger partial charge in [0, 0.05) is 12.1 Å². The molecule has 2 fully saturated rings. The summed E-state index contributed by atoms with van der Waals surface area (Å²) in [6.45, 7) is 2.42. The van der Waals surface area contributed by atoms with Crippen molar-refractivity contribution in [1.29, 1.82) is 0 Å². The molecule has 4 rings (SSSR count). The van der Waals surface area contributed by atoms with Crippen molar-refractivity contribution in [3.63, 3.8) is 0 Å². The molecular weight excluding hydrogens is 290 g/mol. The number of rotatable bonds is 4. The molecule has 2 saturated carbocycles. The van der Waals surface area contributed by atoms with E-state index in [1.807, 2.05) is 24.3 Å². The Bertz CT molecular complexity index is 640. The molecule has 4 atom stereocenters. The van der Waals surface area contributed by atoms with E-state index in [2.05, 4.69) is 12.2 Å². The van der Waals surface area contributed by atoms with E-state index >= 15 is 0 Å². The predicted molar refractivity (Wildman–Crippen MR) is 88.1 cm³/mol. The fourth-order valence-corrected chi connectivity index (χ4v) is 4.47. The molecule has 2 bridgehead atoms. The maximum atomic E-state index is 12.2. The molecule has 1 N–H and O–H groups in total. The van der Waals surface area contributed by atoms with Crippen LogP contribution in [0, 0.1) is 17.8 Å². The number of amides is 1. The summed E-state index contributed by atoms with van der Waals surface area (Å²) in [5.74, 6) is 3.88. The molecule has 0 spiro atoms. The van der Waals surface area contributed by atoms with E-state index in [0.29, 0.717) is 5.92 Å². The Labute approximate surface area is 136 Å². The first kappa shape index (κ1) is 14.6. The van der Waals surface area contributed by atoms with Crippen LogP contribution in [0.4, 0.5) is 0 Å². The van der Waals surface area contributed by atoms with Crippen LogP contribution in [-0.2, 0) is 4.79 Å². The monoisotopic (exact) mass is 313 g/mol. The van der Waals surface area contributed by atoms with Crippen molar-refractivity contribution in [3.05, 3.63) is 29.8 Å². The number of carbonyl (C=O) groups excluding carboxylic acids is 1. The Hall–Kier alpha value is -1.97. The van der Waals surface area contributed by atoms with E-state index < -0.39 is 0 Å². The fraction of sp³-hybridized carbons (Fsp3) is 0.526. The highest BCUT2D eigenvalue weighted by Gasteiger charge is 2.41. The second-order valence-electron chi connectivity index (χ2n) is 7.08. The highest BCUT2D eigenvalue weighted by molar-refractivity contribution is 5.92. The number of carbonyl (C=O) groups is 1. The maximum Gasteiger partial charge on any atom is 0.244 e. The minimum Gasteiger partial charge on any atom is -0.454 e. The van der Waals surface area contributed by atoms with Crippen LogP contribution < -0.4 is 14.8 Å². The molecule has 1 aliphatic heterocycles. The first-order valence-electron chi connectivity index (χ1n) is 8.57. The first-order valence-corrected chi connectivity index (χ1v) is 8.57. The number of benzene rings is 1. The Morgan fingerprint density at radius 1 is 1.26 bits per heavy atom. The molecule has 0 unspecified atom stereocenters. The normalized spacial score (nSPS) is 29.2. The average Bonchev–Trinajstić information content (AvgIpc) is 3.28. The van der Waals surface area contributed by atoms with Crippen LogP contribution in [0.1, 0.15) is 38.2 Å². The molecule has 0 aromatic heterocycles. The van der Waals surface area contributed by atoms with Crippen molar-refractivity contribution in [3.8, 4) is 11.5 Å². The zero-order valence-electron chi connectivity index (χ0n) is 13.5. The summed E-state index contributed by atoms with van der Waals surface area (Å²) >= 11 is 0. The summed E-state index contributed by atoms with van der Waals surface area (Å²) in [5.41, 5.74) is 0.942. The summed E-state index contributed by atoms with van der Waals surface area (Å²) in [6, 6.07) is 5.96. The van der Waals surface area contributed by atoms with Crippen molar-refractivity contribution in [2.75, 3.05) is 6.79 Å². The Morgan fingerprint density at radius 3 is 2.91 bits per heavy atom. The second kappa shape index (κ2) is 5.91. The molecule has 23 heavy (non-hydrogen) atoms. The minimum atomic E-state index is -0.0158. The van der Waals surface area contributed by atoms with Gasteiger partial charge in [-0.05, 0) is 67.7 Å². The third-order valence-electron chi connectivity index (χ3n) is 5.63. The fourth-order valence-electron chi connectivity index (χ4n) is 4.47.